The number of nitrogens with one attached hydrogen (secondary N) is 2. The van der Waals surface area contributed by atoms with Crippen LogP contribution in [0.2, 0.25) is 0 Å². The molecular formula is C17H25N3O2. The molecule has 0 spiro atoms. The topological polar surface area (TPSA) is 58.8 Å². The summed E-state index contributed by atoms with van der Waals surface area (Å²) in [4.78, 5) is 4.20. The first-order chi connectivity index (χ1) is 10.8. The Bertz CT molecular complexity index is 559. The second-order valence-corrected chi connectivity index (χ2v) is 4.98. The second-order valence-electron chi connectivity index (χ2n) is 4.98. The lowest BCUT2D eigenvalue weighted by Crippen LogP contribution is -2.38. The van der Waals surface area contributed by atoms with Crippen LogP contribution in [-0.4, -0.2) is 39.3 Å². The number of nitrogens with zero attached hydrogens (tertiary/aromatic N) is 1. The molecule has 0 atom stereocenters. The molecule has 22 heavy (non-hydrogen) atoms. The van der Waals surface area contributed by atoms with Crippen molar-refractivity contribution < 1.29 is 9.15 Å². The fraction of sp³-hybridized carbons (Fsp3) is 0.471. The summed E-state index contributed by atoms with van der Waals surface area (Å²) in [5.41, 5.74) is 0.941. The molecule has 0 saturated carbocycles. The molecule has 0 fully saturated rings. The van der Waals surface area contributed by atoms with E-state index in [1.54, 1.807) is 7.05 Å². The lowest BCUT2D eigenvalue weighted by Gasteiger charge is -2.11. The normalized spacial score (nSPS) is 11.8. The van der Waals surface area contributed by atoms with Gasteiger partial charge >= 0.3 is 0 Å². The monoisotopic (exact) mass is 303 g/mol. The molecule has 0 saturated heterocycles. The van der Waals surface area contributed by atoms with E-state index in [1.165, 1.54) is 0 Å². The number of furan rings is 1. The molecule has 120 valence electrons. The average molecular weight is 303 g/mol. The molecule has 2 aromatic rings. The Labute approximate surface area is 131 Å². The highest BCUT2D eigenvalue weighted by atomic mass is 16.5. The zero-order valence-electron chi connectivity index (χ0n) is 13.4. The van der Waals surface area contributed by atoms with Crippen LogP contribution in [0.3, 0.4) is 0 Å². The SMILES string of the molecule is CCOCCCNC(=NC)NCCc1cc2ccccc2o1. The highest BCUT2D eigenvalue weighted by Gasteiger charge is 2.03. The number of hydrogen-bond donors (Lipinski definition) is 2. The molecule has 0 unspecified atom stereocenters. The van der Waals surface area contributed by atoms with E-state index in [-0.39, 0.29) is 0 Å². The standard InChI is InChI=1S/C17H25N3O2/c1-3-21-12-6-10-19-17(18-2)20-11-9-15-13-14-7-4-5-8-16(14)22-15/h4-5,7-8,13H,3,6,9-12H2,1-2H3,(H2,18,19,20). The van der Waals surface area contributed by atoms with Crippen LogP contribution < -0.4 is 10.6 Å². The van der Waals surface area contributed by atoms with Crippen molar-refractivity contribution in [3.63, 3.8) is 0 Å². The van der Waals surface area contributed by atoms with Crippen molar-refractivity contribution >= 4 is 16.9 Å². The van der Waals surface area contributed by atoms with E-state index in [9.17, 15) is 0 Å². The molecule has 2 N–H and O–H groups in total. The number of ether oxygens (including phenoxy) is 1. The molecule has 0 aliphatic heterocycles. The van der Waals surface area contributed by atoms with E-state index in [2.05, 4.69) is 27.8 Å². The van der Waals surface area contributed by atoms with Gasteiger partial charge in [0.1, 0.15) is 11.3 Å². The third-order valence-electron chi connectivity index (χ3n) is 3.33. The van der Waals surface area contributed by atoms with Crippen LogP contribution in [0.4, 0.5) is 0 Å². The van der Waals surface area contributed by atoms with Crippen molar-refractivity contribution in [3.05, 3.63) is 36.1 Å². The van der Waals surface area contributed by atoms with Crippen molar-refractivity contribution in [2.24, 2.45) is 4.99 Å². The van der Waals surface area contributed by atoms with Gasteiger partial charge in [0.25, 0.3) is 0 Å². The number of benzene rings is 1. The maximum Gasteiger partial charge on any atom is 0.190 e. The highest BCUT2D eigenvalue weighted by Crippen LogP contribution is 2.18. The number of rotatable bonds is 8. The summed E-state index contributed by atoms with van der Waals surface area (Å²) in [7, 11) is 1.78. The molecular weight excluding hydrogens is 278 g/mol. The predicted octanol–water partition coefficient (Wildman–Crippen LogP) is 2.57. The van der Waals surface area contributed by atoms with Crippen LogP contribution in [-0.2, 0) is 11.2 Å². The van der Waals surface area contributed by atoms with Gasteiger partial charge in [-0.2, -0.15) is 0 Å². The second kappa shape index (κ2) is 9.10. The van der Waals surface area contributed by atoms with Crippen LogP contribution in [0.5, 0.6) is 0 Å². The van der Waals surface area contributed by atoms with Gasteiger partial charge in [0.15, 0.2) is 5.96 Å². The summed E-state index contributed by atoms with van der Waals surface area (Å²) < 4.78 is 11.1. The van der Waals surface area contributed by atoms with Crippen molar-refractivity contribution in [1.29, 1.82) is 0 Å². The van der Waals surface area contributed by atoms with Gasteiger partial charge in [-0.25, -0.2) is 0 Å². The van der Waals surface area contributed by atoms with Gasteiger partial charge in [0.05, 0.1) is 0 Å². The molecule has 0 amide bonds. The maximum atomic E-state index is 5.79. The maximum absolute atomic E-state index is 5.79. The van der Waals surface area contributed by atoms with Gasteiger partial charge in [-0.1, -0.05) is 18.2 Å². The number of para-hydroxylation sites is 1. The van der Waals surface area contributed by atoms with Gasteiger partial charge < -0.3 is 19.8 Å². The smallest absolute Gasteiger partial charge is 0.190 e. The molecule has 0 bridgehead atoms. The molecule has 1 aromatic heterocycles. The fourth-order valence-electron chi connectivity index (χ4n) is 2.21. The minimum absolute atomic E-state index is 0.768. The largest absolute Gasteiger partial charge is 0.461 e. The van der Waals surface area contributed by atoms with Crippen LogP contribution >= 0.6 is 0 Å². The van der Waals surface area contributed by atoms with Crippen LogP contribution in [0.25, 0.3) is 11.0 Å². The summed E-state index contributed by atoms with van der Waals surface area (Å²) in [5.74, 6) is 1.80. The minimum atomic E-state index is 0.768. The molecule has 5 nitrogen and oxygen atoms in total. The van der Waals surface area contributed by atoms with E-state index < -0.39 is 0 Å². The Morgan fingerprint density at radius 2 is 2.05 bits per heavy atom. The Balaban J connectivity index is 1.69. The first-order valence-corrected chi connectivity index (χ1v) is 7.83. The molecule has 0 radical (unpaired) electrons. The first-order valence-electron chi connectivity index (χ1n) is 7.83. The lowest BCUT2D eigenvalue weighted by molar-refractivity contribution is 0.145. The van der Waals surface area contributed by atoms with E-state index in [0.717, 1.165) is 61.8 Å². The zero-order valence-corrected chi connectivity index (χ0v) is 13.4. The van der Waals surface area contributed by atoms with Crippen LogP contribution in [0, 0.1) is 0 Å². The third-order valence-corrected chi connectivity index (χ3v) is 3.33. The van der Waals surface area contributed by atoms with E-state index in [1.807, 2.05) is 25.1 Å². The summed E-state index contributed by atoms with van der Waals surface area (Å²) in [6.45, 7) is 5.19. The number of aliphatic imine (C=N–C) groups is 1. The minimum Gasteiger partial charge on any atom is -0.461 e. The molecule has 2 rings (SSSR count). The summed E-state index contributed by atoms with van der Waals surface area (Å²) in [6.07, 6.45) is 1.80. The summed E-state index contributed by atoms with van der Waals surface area (Å²) >= 11 is 0. The van der Waals surface area contributed by atoms with Crippen LogP contribution in [0.15, 0.2) is 39.7 Å². The third kappa shape index (κ3) is 5.07. The van der Waals surface area contributed by atoms with Crippen LogP contribution in [0.1, 0.15) is 19.1 Å². The van der Waals surface area contributed by atoms with Gasteiger partial charge in [-0.15, -0.1) is 0 Å². The fourth-order valence-corrected chi connectivity index (χ4v) is 2.21. The summed E-state index contributed by atoms with van der Waals surface area (Å²) in [5, 5.41) is 7.71. The Morgan fingerprint density at radius 3 is 2.82 bits per heavy atom. The molecule has 0 aliphatic rings. The first kappa shape index (κ1) is 16.4. The van der Waals surface area contributed by atoms with Gasteiger partial charge in [0, 0.05) is 45.2 Å². The molecule has 0 aliphatic carbocycles. The van der Waals surface area contributed by atoms with Crippen molar-refractivity contribution in [3.8, 4) is 0 Å². The number of hydrogen-bond acceptors (Lipinski definition) is 3. The summed E-state index contributed by atoms with van der Waals surface area (Å²) in [6, 6.07) is 10.2. The highest BCUT2D eigenvalue weighted by molar-refractivity contribution is 5.79. The van der Waals surface area contributed by atoms with E-state index in [0.29, 0.717) is 0 Å². The van der Waals surface area contributed by atoms with Gasteiger partial charge in [0.2, 0.25) is 0 Å². The van der Waals surface area contributed by atoms with Crippen molar-refractivity contribution in [1.82, 2.24) is 10.6 Å². The zero-order chi connectivity index (χ0) is 15.6. The van der Waals surface area contributed by atoms with E-state index in [4.69, 9.17) is 9.15 Å². The quantitative estimate of drug-likeness (QED) is 0.447. The van der Waals surface area contributed by atoms with Gasteiger partial charge in [-0.3, -0.25) is 4.99 Å². The molecule has 1 aromatic carbocycles. The van der Waals surface area contributed by atoms with E-state index >= 15 is 0 Å². The average Bonchev–Trinajstić information content (AvgIpc) is 2.95. The van der Waals surface area contributed by atoms with Crippen molar-refractivity contribution in [2.75, 3.05) is 33.4 Å². The Hall–Kier alpha value is -2.01. The molecule has 1 heterocycles. The van der Waals surface area contributed by atoms with Crippen molar-refractivity contribution in [2.45, 2.75) is 19.8 Å². The van der Waals surface area contributed by atoms with Gasteiger partial charge in [-0.05, 0) is 25.5 Å². The lowest BCUT2D eigenvalue weighted by atomic mass is 10.2. The Kier molecular flexibility index (Phi) is 6.77. The number of guanidine groups is 1. The number of fused-ring (bicyclic) bond motifs is 1. The molecule has 5 heteroatoms. The Morgan fingerprint density at radius 1 is 1.23 bits per heavy atom. The predicted molar refractivity (Wildman–Crippen MR) is 90.4 cm³/mol.